The first-order valence-corrected chi connectivity index (χ1v) is 10.3. The Labute approximate surface area is 178 Å². The van der Waals surface area contributed by atoms with E-state index < -0.39 is 24.1 Å². The van der Waals surface area contributed by atoms with Crippen LogP contribution >= 0.6 is 0 Å². The van der Waals surface area contributed by atoms with Gasteiger partial charge in [0.1, 0.15) is 12.4 Å². The van der Waals surface area contributed by atoms with E-state index in [0.717, 1.165) is 17.4 Å². The lowest BCUT2D eigenvalue weighted by molar-refractivity contribution is -0.135. The molecule has 1 aliphatic rings. The lowest BCUT2D eigenvalue weighted by Gasteiger charge is -2.15. The predicted octanol–water partition coefficient (Wildman–Crippen LogP) is 3.07. The largest absolute Gasteiger partial charge is 0.396 e. The summed E-state index contributed by atoms with van der Waals surface area (Å²) < 4.78 is 38.9. The van der Waals surface area contributed by atoms with Crippen molar-refractivity contribution in [1.82, 2.24) is 14.9 Å². The minimum Gasteiger partial charge on any atom is -0.396 e. The molecule has 9 heteroatoms. The van der Waals surface area contributed by atoms with Crippen molar-refractivity contribution in [3.63, 3.8) is 0 Å². The van der Waals surface area contributed by atoms with E-state index >= 15 is 0 Å². The Kier molecular flexibility index (Phi) is 7.15. The summed E-state index contributed by atoms with van der Waals surface area (Å²) in [5, 5.41) is 12.1. The fraction of sp³-hybridized carbons (Fsp3) is 0.500. The summed E-state index contributed by atoms with van der Waals surface area (Å²) in [6, 6.07) is 10.2. The fourth-order valence-corrected chi connectivity index (χ4v) is 3.45. The highest BCUT2D eigenvalue weighted by atomic mass is 19.4. The molecule has 1 aromatic carbocycles. The number of nitrogens with zero attached hydrogens (tertiary/aromatic N) is 2. The van der Waals surface area contributed by atoms with Gasteiger partial charge in [-0.3, -0.25) is 14.2 Å². The van der Waals surface area contributed by atoms with E-state index in [4.69, 9.17) is 0 Å². The molecule has 0 atom stereocenters. The van der Waals surface area contributed by atoms with Crippen LogP contribution in [0.3, 0.4) is 0 Å². The average molecular weight is 437 g/mol. The Bertz CT molecular complexity index is 954. The van der Waals surface area contributed by atoms with Gasteiger partial charge in [-0.25, -0.2) is 4.98 Å². The summed E-state index contributed by atoms with van der Waals surface area (Å²) in [6.07, 6.45) is -3.10. The molecule has 0 aliphatic heterocycles. The Morgan fingerprint density at radius 1 is 1.23 bits per heavy atom. The van der Waals surface area contributed by atoms with Crippen molar-refractivity contribution in [2.75, 3.05) is 13.2 Å². The zero-order valence-electron chi connectivity index (χ0n) is 17.1. The van der Waals surface area contributed by atoms with Crippen LogP contribution in [0.15, 0.2) is 41.2 Å². The van der Waals surface area contributed by atoms with E-state index in [-0.39, 0.29) is 37.2 Å². The van der Waals surface area contributed by atoms with E-state index in [1.54, 1.807) is 24.3 Å². The van der Waals surface area contributed by atoms with Crippen molar-refractivity contribution >= 4 is 5.91 Å². The molecule has 6 nitrogen and oxygen atoms in total. The highest BCUT2D eigenvalue weighted by molar-refractivity contribution is 5.75. The molecular weight excluding hydrogens is 411 g/mol. The zero-order chi connectivity index (χ0) is 22.5. The number of alkyl halides is 3. The normalized spacial score (nSPS) is 15.0. The van der Waals surface area contributed by atoms with E-state index in [2.05, 4.69) is 10.3 Å². The van der Waals surface area contributed by atoms with Crippen molar-refractivity contribution in [2.45, 2.75) is 51.2 Å². The van der Waals surface area contributed by atoms with Gasteiger partial charge in [-0.1, -0.05) is 30.3 Å². The van der Waals surface area contributed by atoms with Gasteiger partial charge in [-0.15, -0.1) is 0 Å². The summed E-state index contributed by atoms with van der Waals surface area (Å²) in [4.78, 5) is 29.5. The smallest absolute Gasteiger partial charge is 0.389 e. The number of carbonyl (C=O) groups is 1. The Morgan fingerprint density at radius 2 is 1.94 bits per heavy atom. The van der Waals surface area contributed by atoms with Crippen LogP contribution in [0.5, 0.6) is 0 Å². The number of aliphatic hydroxyl groups excluding tert-OH is 1. The molecule has 0 bridgehead atoms. The van der Waals surface area contributed by atoms with Gasteiger partial charge >= 0.3 is 6.18 Å². The summed E-state index contributed by atoms with van der Waals surface area (Å²) in [5.41, 5.74) is 0.445. The number of aryl methyl sites for hydroxylation is 1. The molecule has 1 amide bonds. The van der Waals surface area contributed by atoms with E-state index in [1.807, 2.05) is 6.07 Å². The molecule has 1 fully saturated rings. The number of aromatic nitrogens is 2. The zero-order valence-corrected chi connectivity index (χ0v) is 17.1. The number of amides is 1. The van der Waals surface area contributed by atoms with Crippen molar-refractivity contribution in [1.29, 1.82) is 0 Å². The molecule has 0 spiro atoms. The second-order valence-corrected chi connectivity index (χ2v) is 8.07. The van der Waals surface area contributed by atoms with Crippen LogP contribution in [0, 0.1) is 5.41 Å². The molecule has 31 heavy (non-hydrogen) atoms. The van der Waals surface area contributed by atoms with Gasteiger partial charge in [-0.05, 0) is 31.1 Å². The number of halogens is 3. The van der Waals surface area contributed by atoms with Crippen LogP contribution in [-0.2, 0) is 17.8 Å². The second kappa shape index (κ2) is 9.64. The molecule has 0 saturated heterocycles. The minimum absolute atomic E-state index is 0.0731. The first-order valence-electron chi connectivity index (χ1n) is 10.3. The topological polar surface area (TPSA) is 84.2 Å². The fourth-order valence-electron chi connectivity index (χ4n) is 3.45. The SMILES string of the molecule is O=C(Cn1c(CCCC(F)(F)F)nc(-c2ccccc2)cc1=O)NCCC1(CO)CC1. The highest BCUT2D eigenvalue weighted by Crippen LogP contribution is 2.47. The van der Waals surface area contributed by atoms with Gasteiger partial charge in [-0.2, -0.15) is 13.2 Å². The highest BCUT2D eigenvalue weighted by Gasteiger charge is 2.41. The minimum atomic E-state index is -4.30. The van der Waals surface area contributed by atoms with Gasteiger partial charge in [0.2, 0.25) is 5.91 Å². The quantitative estimate of drug-likeness (QED) is 0.598. The number of hydrogen-bond acceptors (Lipinski definition) is 4. The third kappa shape index (κ3) is 6.65. The van der Waals surface area contributed by atoms with E-state index in [9.17, 15) is 27.9 Å². The molecule has 2 N–H and O–H groups in total. The number of benzene rings is 1. The summed E-state index contributed by atoms with van der Waals surface area (Å²) in [7, 11) is 0. The molecule has 2 aromatic rings. The van der Waals surface area contributed by atoms with Gasteiger partial charge in [0.15, 0.2) is 0 Å². The standard InChI is InChI=1S/C22H26F3N3O3/c23-22(24,25)8-4-7-18-27-17(16-5-2-1-3-6-16)13-20(31)28(18)14-19(30)26-12-11-21(15-29)9-10-21/h1-3,5-6,13,29H,4,7-12,14-15H2,(H,26,30). The molecular formula is C22H26F3N3O3. The molecule has 1 saturated carbocycles. The van der Waals surface area contributed by atoms with Crippen molar-refractivity contribution < 1.29 is 23.1 Å². The molecule has 3 rings (SSSR count). The second-order valence-electron chi connectivity index (χ2n) is 8.07. The third-order valence-electron chi connectivity index (χ3n) is 5.59. The van der Waals surface area contributed by atoms with Crippen molar-refractivity contribution in [2.24, 2.45) is 5.41 Å². The van der Waals surface area contributed by atoms with Crippen LogP contribution in [0.25, 0.3) is 11.3 Å². The summed E-state index contributed by atoms with van der Waals surface area (Å²) >= 11 is 0. The number of nitrogens with one attached hydrogen (secondary N) is 1. The molecule has 1 heterocycles. The van der Waals surface area contributed by atoms with Gasteiger partial charge in [0.05, 0.1) is 5.69 Å². The van der Waals surface area contributed by atoms with E-state index in [0.29, 0.717) is 24.2 Å². The third-order valence-corrected chi connectivity index (χ3v) is 5.59. The maximum atomic E-state index is 12.7. The van der Waals surface area contributed by atoms with Crippen LogP contribution < -0.4 is 10.9 Å². The van der Waals surface area contributed by atoms with Gasteiger partial charge in [0.25, 0.3) is 5.56 Å². The first kappa shape index (κ1) is 23.0. The summed E-state index contributed by atoms with van der Waals surface area (Å²) in [5.74, 6) is -0.262. The van der Waals surface area contributed by atoms with Crippen LogP contribution in [0.4, 0.5) is 13.2 Å². The molecule has 0 radical (unpaired) electrons. The van der Waals surface area contributed by atoms with Gasteiger partial charge in [0, 0.05) is 37.6 Å². The molecule has 0 unspecified atom stereocenters. The van der Waals surface area contributed by atoms with Crippen molar-refractivity contribution in [3.05, 3.63) is 52.6 Å². The van der Waals surface area contributed by atoms with Gasteiger partial charge < -0.3 is 10.4 Å². The number of hydrogen-bond donors (Lipinski definition) is 2. The maximum Gasteiger partial charge on any atom is 0.389 e. The van der Waals surface area contributed by atoms with Crippen LogP contribution in [-0.4, -0.2) is 39.9 Å². The molecule has 1 aliphatic carbocycles. The monoisotopic (exact) mass is 437 g/mol. The summed E-state index contributed by atoms with van der Waals surface area (Å²) in [6.45, 7) is 0.137. The van der Waals surface area contributed by atoms with Crippen molar-refractivity contribution in [3.8, 4) is 11.3 Å². The molecule has 1 aromatic heterocycles. The average Bonchev–Trinajstić information content (AvgIpc) is 3.50. The molecule has 168 valence electrons. The Balaban J connectivity index is 1.74. The Morgan fingerprint density at radius 3 is 2.55 bits per heavy atom. The van der Waals surface area contributed by atoms with E-state index in [1.165, 1.54) is 6.07 Å². The first-order chi connectivity index (χ1) is 14.7. The lowest BCUT2D eigenvalue weighted by atomic mass is 10.0. The maximum absolute atomic E-state index is 12.7. The predicted molar refractivity (Wildman–Crippen MR) is 109 cm³/mol. The number of aliphatic hydroxyl groups is 1. The number of rotatable bonds is 10. The Hall–Kier alpha value is -2.68. The lowest BCUT2D eigenvalue weighted by Crippen LogP contribution is -2.35. The number of carbonyl (C=O) groups excluding carboxylic acids is 1. The van der Waals surface area contributed by atoms with Crippen LogP contribution in [0.2, 0.25) is 0 Å². The van der Waals surface area contributed by atoms with Crippen LogP contribution in [0.1, 0.15) is 37.9 Å².